The van der Waals surface area contributed by atoms with Crippen molar-refractivity contribution in [2.24, 2.45) is 34.2 Å². The molecule has 0 bridgehead atoms. The lowest BCUT2D eigenvalue weighted by atomic mass is 9.96. The number of imidazole rings is 1. The highest BCUT2D eigenvalue weighted by Crippen LogP contribution is 2.15. The zero-order valence-electron chi connectivity index (χ0n) is 39.7. The molecule has 0 saturated carbocycles. The number of nitrogens with two attached hydrogens (primary N) is 2. The normalized spacial score (nSPS) is 14.2. The maximum atomic E-state index is 14.4. The first kappa shape index (κ1) is 56.3. The van der Waals surface area contributed by atoms with E-state index in [1.807, 2.05) is 0 Å². The summed E-state index contributed by atoms with van der Waals surface area (Å²) in [5.74, 6) is -7.34. The highest BCUT2D eigenvalue weighted by Gasteiger charge is 2.36. The average Bonchev–Trinajstić information content (AvgIpc) is 3.77. The number of guanidine groups is 1. The van der Waals surface area contributed by atoms with Crippen LogP contribution in [-0.2, 0) is 51.2 Å². The lowest BCUT2D eigenvalue weighted by molar-refractivity contribution is -0.143. The molecule has 0 aliphatic carbocycles. The van der Waals surface area contributed by atoms with Crippen LogP contribution in [0.4, 0.5) is 0 Å². The molecule has 1 heterocycles. The Morgan fingerprint density at radius 1 is 0.776 bits per heavy atom. The van der Waals surface area contributed by atoms with Gasteiger partial charge < -0.3 is 68.8 Å². The third-order valence-electron chi connectivity index (χ3n) is 10.7. The number of aromatic amines is 1. The minimum absolute atomic E-state index is 0.0410. The van der Waals surface area contributed by atoms with Crippen LogP contribution in [0.5, 0.6) is 5.75 Å². The molecule has 0 aliphatic rings. The number of aromatic hydroxyl groups is 1. The van der Waals surface area contributed by atoms with E-state index in [2.05, 4.69) is 52.2 Å². The van der Waals surface area contributed by atoms with Crippen LogP contribution < -0.4 is 48.7 Å². The Morgan fingerprint density at radius 2 is 1.37 bits per heavy atom. The summed E-state index contributed by atoms with van der Waals surface area (Å²) in [6, 6.07) is -1.46. The second kappa shape index (κ2) is 28.3. The van der Waals surface area contributed by atoms with Gasteiger partial charge in [0, 0.05) is 38.3 Å². The van der Waals surface area contributed by atoms with Gasteiger partial charge in [-0.05, 0) is 61.8 Å². The van der Waals surface area contributed by atoms with Crippen molar-refractivity contribution < 1.29 is 48.6 Å². The fourth-order valence-corrected chi connectivity index (χ4v) is 6.83. The lowest BCUT2D eigenvalue weighted by Crippen LogP contribution is -2.61. The number of carboxylic acids is 1. The number of phenolic OH excluding ortho intramolecular Hbond substituents is 1. The number of carboxylic acid groups (broad SMARTS) is 1. The van der Waals surface area contributed by atoms with Gasteiger partial charge in [-0.1, -0.05) is 60.1 Å². The lowest BCUT2D eigenvalue weighted by Gasteiger charge is -2.30. The first-order valence-electron chi connectivity index (χ1n) is 22.3. The topological polar surface area (TPSA) is 358 Å². The van der Waals surface area contributed by atoms with Crippen molar-refractivity contribution in [3.05, 3.63) is 48.0 Å². The molecule has 0 spiro atoms. The summed E-state index contributed by atoms with van der Waals surface area (Å²) in [5, 5.41) is 38.3. The SMILES string of the molecule is CC[C@H](C)[C@H](NC(=O)[C@H](Cc1ccc(O)cc1)NC(=O)[C@@H](NC(=O)[C@H](CCCN=C(N)N)NC(=O)CNC)C(C)C)C(=O)N[C@@H](Cc1cnc[nH]1)C(=O)N(C)CC(=O)N[C@@H](CC(C)C)C(=O)O. The predicted octanol–water partition coefficient (Wildman–Crippen LogP) is -1.63. The molecule has 0 aliphatic heterocycles. The highest BCUT2D eigenvalue weighted by atomic mass is 16.4. The van der Waals surface area contributed by atoms with Crippen molar-refractivity contribution in [1.82, 2.24) is 52.1 Å². The zero-order valence-corrected chi connectivity index (χ0v) is 39.7. The molecule has 2 rings (SSSR count). The second-order valence-electron chi connectivity index (χ2n) is 17.3. The smallest absolute Gasteiger partial charge is 0.326 e. The zero-order chi connectivity index (χ0) is 50.4. The molecular formula is C44H71N13O10. The number of carbonyl (C=O) groups excluding carboxylic acids is 7. The Morgan fingerprint density at radius 3 is 1.93 bits per heavy atom. The van der Waals surface area contributed by atoms with E-state index in [0.717, 1.165) is 4.90 Å². The molecule has 23 heteroatoms. The van der Waals surface area contributed by atoms with Gasteiger partial charge in [-0.15, -0.1) is 0 Å². The van der Waals surface area contributed by atoms with Crippen molar-refractivity contribution in [3.8, 4) is 5.75 Å². The fraction of sp³-hybridized carbons (Fsp3) is 0.591. The van der Waals surface area contributed by atoms with Gasteiger partial charge in [0.15, 0.2) is 5.96 Å². The van der Waals surface area contributed by atoms with Gasteiger partial charge in [0.1, 0.15) is 42.0 Å². The van der Waals surface area contributed by atoms with E-state index in [1.165, 1.54) is 31.7 Å². The Bertz CT molecular complexity index is 1970. The first-order chi connectivity index (χ1) is 31.6. The van der Waals surface area contributed by atoms with Gasteiger partial charge in [0.25, 0.3) is 0 Å². The quantitative estimate of drug-likeness (QED) is 0.0248. The number of hydrogen-bond donors (Lipinski definition) is 12. The predicted molar refractivity (Wildman–Crippen MR) is 249 cm³/mol. The minimum atomic E-state index is -1.35. The number of amides is 7. The van der Waals surface area contributed by atoms with Crippen molar-refractivity contribution in [3.63, 3.8) is 0 Å². The molecular weight excluding hydrogens is 871 g/mol. The van der Waals surface area contributed by atoms with Crippen molar-refractivity contribution >= 4 is 53.3 Å². The molecule has 2 aromatic rings. The van der Waals surface area contributed by atoms with Crippen LogP contribution in [-0.4, -0.2) is 148 Å². The summed E-state index contributed by atoms with van der Waals surface area (Å²) in [6.07, 6.45) is 3.61. The Hall–Kier alpha value is -6.78. The molecule has 0 fully saturated rings. The Kier molecular flexibility index (Phi) is 23.8. The number of aliphatic carboxylic acids is 1. The van der Waals surface area contributed by atoms with E-state index in [9.17, 15) is 48.6 Å². The first-order valence-corrected chi connectivity index (χ1v) is 22.3. The van der Waals surface area contributed by atoms with E-state index >= 15 is 0 Å². The Balaban J connectivity index is 2.43. The number of rotatable bonds is 29. The summed E-state index contributed by atoms with van der Waals surface area (Å²) in [4.78, 5) is 120. The third-order valence-corrected chi connectivity index (χ3v) is 10.7. The summed E-state index contributed by atoms with van der Waals surface area (Å²) in [7, 11) is 2.90. The number of nitrogens with zero attached hydrogens (tertiary/aromatic N) is 3. The maximum absolute atomic E-state index is 14.4. The summed E-state index contributed by atoms with van der Waals surface area (Å²) in [6.45, 7) is 10.1. The molecule has 1 aromatic heterocycles. The minimum Gasteiger partial charge on any atom is -0.508 e. The van der Waals surface area contributed by atoms with Gasteiger partial charge in [-0.2, -0.15) is 0 Å². The van der Waals surface area contributed by atoms with Crippen molar-refractivity contribution in [2.45, 2.75) is 116 Å². The molecule has 0 saturated heterocycles. The number of hydrogen-bond acceptors (Lipinski definition) is 12. The van der Waals surface area contributed by atoms with Crippen LogP contribution in [0.25, 0.3) is 0 Å². The summed E-state index contributed by atoms with van der Waals surface area (Å²) >= 11 is 0. The number of H-pyrrole nitrogens is 1. The number of benzene rings is 1. The average molecular weight is 942 g/mol. The largest absolute Gasteiger partial charge is 0.508 e. The van der Waals surface area contributed by atoms with E-state index in [0.29, 0.717) is 24.1 Å². The van der Waals surface area contributed by atoms with E-state index in [-0.39, 0.29) is 56.4 Å². The summed E-state index contributed by atoms with van der Waals surface area (Å²) in [5.41, 5.74) is 11.8. The van der Waals surface area contributed by atoms with Crippen LogP contribution in [0.2, 0.25) is 0 Å². The van der Waals surface area contributed by atoms with Crippen molar-refractivity contribution in [1.29, 1.82) is 0 Å². The standard InChI is InChI=1S/C44H71N13O10/c1-9-26(6)37(41(64)54-32(19-28-20-48-23-50-28)42(65)57(8)22-35(60)52-33(43(66)67)17-24(2)3)56-39(62)31(18-27-12-14-29(58)15-13-27)53-40(63)36(25(4)5)55-38(61)30(51-34(59)21-47-7)11-10-16-49-44(45)46/h12-15,20,23-26,30-33,36-37,47,58H,9-11,16-19,21-22H2,1-8H3,(H,48,50)(H,51,59)(H,52,60)(H,53,63)(H,54,64)(H,55,61)(H,56,62)(H,66,67)(H4,45,46,49)/t26-,30-,31-,32-,33-,36-,37-/m0/s1. The van der Waals surface area contributed by atoms with Crippen LogP contribution in [0.3, 0.4) is 0 Å². The molecule has 14 N–H and O–H groups in total. The fourth-order valence-electron chi connectivity index (χ4n) is 6.83. The number of aliphatic imine (C=N–C) groups is 1. The van der Waals surface area contributed by atoms with Crippen LogP contribution in [0.1, 0.15) is 78.5 Å². The number of phenols is 1. The van der Waals surface area contributed by atoms with E-state index < -0.39 is 102 Å². The summed E-state index contributed by atoms with van der Waals surface area (Å²) < 4.78 is 0. The Labute approximate surface area is 391 Å². The van der Waals surface area contributed by atoms with E-state index in [1.54, 1.807) is 60.7 Å². The molecule has 7 amide bonds. The number of carbonyl (C=O) groups is 8. The molecule has 7 atom stereocenters. The van der Waals surface area contributed by atoms with Gasteiger partial charge in [0.05, 0.1) is 19.4 Å². The van der Waals surface area contributed by atoms with Crippen LogP contribution >= 0.6 is 0 Å². The van der Waals surface area contributed by atoms with Gasteiger partial charge in [-0.3, -0.25) is 38.6 Å². The maximum Gasteiger partial charge on any atom is 0.326 e. The van der Waals surface area contributed by atoms with E-state index in [4.69, 9.17) is 11.5 Å². The molecule has 23 nitrogen and oxygen atoms in total. The third kappa shape index (κ3) is 20.1. The van der Waals surface area contributed by atoms with Crippen LogP contribution in [0.15, 0.2) is 41.8 Å². The molecule has 67 heavy (non-hydrogen) atoms. The van der Waals surface area contributed by atoms with Gasteiger partial charge in [0.2, 0.25) is 41.4 Å². The van der Waals surface area contributed by atoms with Crippen molar-refractivity contribution in [2.75, 3.05) is 33.7 Å². The molecule has 1 aromatic carbocycles. The second-order valence-corrected chi connectivity index (χ2v) is 17.3. The monoisotopic (exact) mass is 942 g/mol. The molecule has 0 radical (unpaired) electrons. The number of aromatic nitrogens is 2. The van der Waals surface area contributed by atoms with Crippen LogP contribution in [0, 0.1) is 17.8 Å². The highest BCUT2D eigenvalue weighted by molar-refractivity contribution is 5.97. The number of likely N-dealkylation sites (N-methyl/N-ethyl adjacent to an activating group) is 2. The van der Waals surface area contributed by atoms with Gasteiger partial charge in [-0.25, -0.2) is 9.78 Å². The van der Waals surface area contributed by atoms with Gasteiger partial charge >= 0.3 is 5.97 Å². The molecule has 0 unspecified atom stereocenters. The number of nitrogens with one attached hydrogen (secondary N) is 8. The molecule has 372 valence electrons.